The molecule has 0 radical (unpaired) electrons. The predicted octanol–water partition coefficient (Wildman–Crippen LogP) is 1.14. The first-order chi connectivity index (χ1) is 10.9. The summed E-state index contributed by atoms with van der Waals surface area (Å²) in [4.78, 5) is 25.8. The average Bonchev–Trinajstić information content (AvgIpc) is 2.79. The maximum absolute atomic E-state index is 12.2. The van der Waals surface area contributed by atoms with Gasteiger partial charge in [-0.3, -0.25) is 9.59 Å². The third kappa shape index (κ3) is 2.75. The number of amides is 2. The molecule has 1 aromatic rings. The van der Waals surface area contributed by atoms with Gasteiger partial charge in [0.2, 0.25) is 5.91 Å². The molecule has 2 aliphatic heterocycles. The fourth-order valence-electron chi connectivity index (χ4n) is 2.83. The van der Waals surface area contributed by atoms with Crippen molar-refractivity contribution >= 4 is 23.6 Å². The minimum atomic E-state index is -0.579. The molecule has 2 amide bonds. The minimum Gasteiger partial charge on any atom is -0.484 e. The van der Waals surface area contributed by atoms with Gasteiger partial charge in [-0.1, -0.05) is 18.2 Å². The Morgan fingerprint density at radius 3 is 2.78 bits per heavy atom. The lowest BCUT2D eigenvalue weighted by Gasteiger charge is -2.42. The van der Waals surface area contributed by atoms with Crippen LogP contribution in [0.5, 0.6) is 5.75 Å². The van der Waals surface area contributed by atoms with Crippen LogP contribution < -0.4 is 10.1 Å². The first kappa shape index (κ1) is 15.7. The summed E-state index contributed by atoms with van der Waals surface area (Å²) in [6.45, 7) is 3.74. The number of rotatable bonds is 4. The Kier molecular flexibility index (Phi) is 3.94. The Bertz CT molecular complexity index is 671. The van der Waals surface area contributed by atoms with E-state index in [0.717, 1.165) is 0 Å². The second kappa shape index (κ2) is 5.78. The van der Waals surface area contributed by atoms with Crippen LogP contribution in [0.1, 0.15) is 13.8 Å². The smallest absolute Gasteiger partial charge is 0.258 e. The number of β-lactam (4-membered cyclic amide) rings is 1. The lowest BCUT2D eigenvalue weighted by Crippen LogP contribution is -2.69. The van der Waals surface area contributed by atoms with Gasteiger partial charge in [0.15, 0.2) is 6.61 Å². The number of hydrogen-bond donors (Lipinski definition) is 1. The zero-order chi connectivity index (χ0) is 16.6. The molecule has 0 saturated carbocycles. The van der Waals surface area contributed by atoms with E-state index in [1.807, 2.05) is 32.0 Å². The SMILES string of the molecule is CC1(C)S[C@@H]2[C@H](NC(=O)COc3ccccc3)C(=O)N2[C@H]1C#N. The number of thioether (sulfide) groups is 1. The summed E-state index contributed by atoms with van der Waals surface area (Å²) in [7, 11) is 0. The maximum Gasteiger partial charge on any atom is 0.258 e. The lowest BCUT2D eigenvalue weighted by molar-refractivity contribution is -0.150. The van der Waals surface area contributed by atoms with Crippen molar-refractivity contribution < 1.29 is 14.3 Å². The molecule has 120 valence electrons. The second-order valence-corrected chi connectivity index (χ2v) is 7.81. The first-order valence-electron chi connectivity index (χ1n) is 7.31. The number of fused-ring (bicyclic) bond motifs is 1. The van der Waals surface area contributed by atoms with Crippen LogP contribution in [0.2, 0.25) is 0 Å². The summed E-state index contributed by atoms with van der Waals surface area (Å²) in [5, 5.41) is 11.8. The highest BCUT2D eigenvalue weighted by molar-refractivity contribution is 8.01. The Balaban J connectivity index is 1.57. The van der Waals surface area contributed by atoms with Crippen LogP contribution in [0.4, 0.5) is 0 Å². The van der Waals surface area contributed by atoms with Gasteiger partial charge in [-0.25, -0.2) is 0 Å². The molecule has 2 heterocycles. The standard InChI is InChI=1S/C16H17N3O3S/c1-16(2)11(8-17)19-14(21)13(15(19)23-16)18-12(20)9-22-10-6-4-3-5-7-10/h3-7,11,13,15H,9H2,1-2H3,(H,18,20)/t11-,13+,15+/m0/s1. The van der Waals surface area contributed by atoms with Gasteiger partial charge < -0.3 is 15.0 Å². The van der Waals surface area contributed by atoms with Crippen LogP contribution >= 0.6 is 11.8 Å². The Morgan fingerprint density at radius 1 is 1.43 bits per heavy atom. The molecule has 0 bridgehead atoms. The fraction of sp³-hybridized carbons (Fsp3) is 0.438. The quantitative estimate of drug-likeness (QED) is 0.837. The number of carbonyl (C=O) groups is 2. The van der Waals surface area contributed by atoms with Crippen LogP contribution in [-0.2, 0) is 9.59 Å². The molecule has 0 aromatic heterocycles. The Hall–Kier alpha value is -2.20. The van der Waals surface area contributed by atoms with E-state index in [4.69, 9.17) is 4.74 Å². The molecule has 0 unspecified atom stereocenters. The van der Waals surface area contributed by atoms with Gasteiger partial charge >= 0.3 is 0 Å². The highest BCUT2D eigenvalue weighted by Crippen LogP contribution is 2.50. The van der Waals surface area contributed by atoms with Crippen LogP contribution in [0.3, 0.4) is 0 Å². The number of ether oxygens (including phenoxy) is 1. The number of nitrogens with zero attached hydrogens (tertiary/aromatic N) is 2. The monoisotopic (exact) mass is 331 g/mol. The van der Waals surface area contributed by atoms with Gasteiger partial charge in [0.05, 0.1) is 6.07 Å². The highest BCUT2D eigenvalue weighted by atomic mass is 32.2. The van der Waals surface area contributed by atoms with E-state index in [2.05, 4.69) is 11.4 Å². The number of benzene rings is 1. The zero-order valence-corrected chi connectivity index (χ0v) is 13.7. The van der Waals surface area contributed by atoms with E-state index in [9.17, 15) is 14.9 Å². The molecule has 0 spiro atoms. The number of nitriles is 1. The van der Waals surface area contributed by atoms with Gasteiger partial charge in [0.25, 0.3) is 5.91 Å². The van der Waals surface area contributed by atoms with Crippen molar-refractivity contribution in [2.45, 2.75) is 36.1 Å². The predicted molar refractivity (Wildman–Crippen MR) is 85.6 cm³/mol. The molecule has 2 saturated heterocycles. The van der Waals surface area contributed by atoms with Crippen LogP contribution in [0.25, 0.3) is 0 Å². The van der Waals surface area contributed by atoms with Gasteiger partial charge in [0.1, 0.15) is 23.2 Å². The van der Waals surface area contributed by atoms with E-state index in [1.165, 1.54) is 0 Å². The van der Waals surface area contributed by atoms with Crippen molar-refractivity contribution in [3.63, 3.8) is 0 Å². The van der Waals surface area contributed by atoms with Crippen molar-refractivity contribution in [3.05, 3.63) is 30.3 Å². The van der Waals surface area contributed by atoms with Gasteiger partial charge in [-0.05, 0) is 26.0 Å². The average molecular weight is 331 g/mol. The minimum absolute atomic E-state index is 0.143. The zero-order valence-electron chi connectivity index (χ0n) is 12.9. The van der Waals surface area contributed by atoms with E-state index in [0.29, 0.717) is 5.75 Å². The molecule has 3 atom stereocenters. The van der Waals surface area contributed by atoms with Gasteiger partial charge in [-0.2, -0.15) is 5.26 Å². The summed E-state index contributed by atoms with van der Waals surface area (Å²) in [6, 6.07) is 10.2. The topological polar surface area (TPSA) is 82.4 Å². The van der Waals surface area contributed by atoms with Crippen molar-refractivity contribution in [2.75, 3.05) is 6.61 Å². The van der Waals surface area contributed by atoms with Crippen LogP contribution in [0, 0.1) is 11.3 Å². The van der Waals surface area contributed by atoms with E-state index in [1.54, 1.807) is 28.8 Å². The summed E-state index contributed by atoms with van der Waals surface area (Å²) in [5.74, 6) is 0.0588. The third-order valence-corrected chi connectivity index (χ3v) is 5.56. The largest absolute Gasteiger partial charge is 0.484 e. The number of hydrogen-bond acceptors (Lipinski definition) is 5. The van der Waals surface area contributed by atoms with E-state index < -0.39 is 12.1 Å². The Labute approximate surface area is 138 Å². The molecule has 7 heteroatoms. The molecule has 6 nitrogen and oxygen atoms in total. The molecule has 1 N–H and O–H groups in total. The van der Waals surface area contributed by atoms with E-state index >= 15 is 0 Å². The molecule has 23 heavy (non-hydrogen) atoms. The van der Waals surface area contributed by atoms with Crippen molar-refractivity contribution in [2.24, 2.45) is 0 Å². The van der Waals surface area contributed by atoms with Gasteiger partial charge in [0, 0.05) is 4.75 Å². The third-order valence-electron chi connectivity index (χ3n) is 3.99. The summed E-state index contributed by atoms with van der Waals surface area (Å²) in [5.41, 5.74) is 0. The highest BCUT2D eigenvalue weighted by Gasteiger charge is 2.62. The van der Waals surface area contributed by atoms with Crippen LogP contribution in [-0.4, -0.2) is 45.5 Å². The molecule has 2 fully saturated rings. The summed E-state index contributed by atoms with van der Waals surface area (Å²) < 4.78 is 5.03. The fourth-order valence-corrected chi connectivity index (χ4v) is 4.40. The first-order valence-corrected chi connectivity index (χ1v) is 8.19. The molecule has 1 aromatic carbocycles. The van der Waals surface area contributed by atoms with Crippen molar-refractivity contribution in [3.8, 4) is 11.8 Å². The molecular formula is C16H17N3O3S. The second-order valence-electron chi connectivity index (χ2n) is 6.04. The normalized spacial score (nSPS) is 27.6. The van der Waals surface area contributed by atoms with Crippen molar-refractivity contribution in [1.82, 2.24) is 10.2 Å². The number of para-hydroxylation sites is 1. The Morgan fingerprint density at radius 2 is 2.13 bits per heavy atom. The molecule has 0 aliphatic carbocycles. The number of carbonyl (C=O) groups excluding carboxylic acids is 2. The molecular weight excluding hydrogens is 314 g/mol. The molecule has 2 aliphatic rings. The number of nitrogens with one attached hydrogen (secondary N) is 1. The molecule has 3 rings (SSSR count). The lowest BCUT2D eigenvalue weighted by atomic mass is 9.97. The summed E-state index contributed by atoms with van der Waals surface area (Å²) in [6.07, 6.45) is 0. The van der Waals surface area contributed by atoms with Crippen molar-refractivity contribution in [1.29, 1.82) is 5.26 Å². The summed E-state index contributed by atoms with van der Waals surface area (Å²) >= 11 is 1.55. The van der Waals surface area contributed by atoms with Crippen LogP contribution in [0.15, 0.2) is 30.3 Å². The van der Waals surface area contributed by atoms with E-state index in [-0.39, 0.29) is 28.5 Å². The maximum atomic E-state index is 12.2. The van der Waals surface area contributed by atoms with Gasteiger partial charge in [-0.15, -0.1) is 11.8 Å².